The first-order valence-corrected chi connectivity index (χ1v) is 7.56. The van der Waals surface area contributed by atoms with Crippen LogP contribution in [-0.4, -0.2) is 37.0 Å². The zero-order valence-electron chi connectivity index (χ0n) is 11.2. The van der Waals surface area contributed by atoms with E-state index in [9.17, 15) is 4.79 Å². The van der Waals surface area contributed by atoms with E-state index in [1.54, 1.807) is 11.3 Å². The van der Waals surface area contributed by atoms with E-state index in [0.29, 0.717) is 18.2 Å². The van der Waals surface area contributed by atoms with Crippen LogP contribution >= 0.6 is 11.3 Å². The summed E-state index contributed by atoms with van der Waals surface area (Å²) >= 11 is 1.81. The van der Waals surface area contributed by atoms with E-state index in [0.717, 1.165) is 32.6 Å². The number of hydrogen-bond donors (Lipinski definition) is 1. The summed E-state index contributed by atoms with van der Waals surface area (Å²) in [6, 6.07) is 2.16. The smallest absolute Gasteiger partial charge is 0.222 e. The van der Waals surface area contributed by atoms with Crippen LogP contribution in [0.15, 0.2) is 11.4 Å². The lowest BCUT2D eigenvalue weighted by atomic mass is 10.0. The molecule has 0 saturated carbocycles. The largest absolute Gasteiger partial charge is 0.340 e. The standard InChI is InChI=1S/C14H22N2OS/c1-11(9-13-12(2)3-8-18-13)10-14(17)16-6-4-15-5-7-16/h3,8,11,15H,4-7,9-10H2,1-2H3. The van der Waals surface area contributed by atoms with Crippen molar-refractivity contribution >= 4 is 17.2 Å². The van der Waals surface area contributed by atoms with E-state index in [-0.39, 0.29) is 0 Å². The van der Waals surface area contributed by atoms with Crippen LogP contribution in [-0.2, 0) is 11.2 Å². The summed E-state index contributed by atoms with van der Waals surface area (Å²) in [6.45, 7) is 7.93. The molecule has 100 valence electrons. The maximum Gasteiger partial charge on any atom is 0.222 e. The average Bonchev–Trinajstić information content (AvgIpc) is 2.76. The molecule has 1 fully saturated rings. The first-order chi connectivity index (χ1) is 8.66. The summed E-state index contributed by atoms with van der Waals surface area (Å²) in [7, 11) is 0. The van der Waals surface area contributed by atoms with Gasteiger partial charge in [0.1, 0.15) is 0 Å². The molecule has 3 nitrogen and oxygen atoms in total. The number of aryl methyl sites for hydroxylation is 1. The number of thiophene rings is 1. The molecule has 1 unspecified atom stereocenters. The van der Waals surface area contributed by atoms with Crippen molar-refractivity contribution in [3.8, 4) is 0 Å². The first-order valence-electron chi connectivity index (χ1n) is 6.68. The van der Waals surface area contributed by atoms with Crippen LogP contribution in [0.3, 0.4) is 0 Å². The second kappa shape index (κ2) is 6.34. The van der Waals surface area contributed by atoms with Crippen molar-refractivity contribution < 1.29 is 4.79 Å². The van der Waals surface area contributed by atoms with Crippen molar-refractivity contribution in [3.05, 3.63) is 21.9 Å². The Hall–Kier alpha value is -0.870. The molecular weight excluding hydrogens is 244 g/mol. The second-order valence-corrected chi connectivity index (χ2v) is 6.17. The zero-order valence-corrected chi connectivity index (χ0v) is 12.1. The van der Waals surface area contributed by atoms with Gasteiger partial charge in [0, 0.05) is 37.5 Å². The predicted molar refractivity (Wildman–Crippen MR) is 76.0 cm³/mol. The molecule has 1 amide bonds. The van der Waals surface area contributed by atoms with Crippen molar-refractivity contribution in [2.24, 2.45) is 5.92 Å². The van der Waals surface area contributed by atoms with E-state index in [4.69, 9.17) is 0 Å². The summed E-state index contributed by atoms with van der Waals surface area (Å²) < 4.78 is 0. The Labute approximate surface area is 113 Å². The molecule has 1 N–H and O–H groups in total. The van der Waals surface area contributed by atoms with Gasteiger partial charge in [-0.15, -0.1) is 11.3 Å². The lowest BCUT2D eigenvalue weighted by Gasteiger charge is -2.28. The quantitative estimate of drug-likeness (QED) is 0.904. The SMILES string of the molecule is Cc1ccsc1CC(C)CC(=O)N1CCNCC1. The molecule has 1 aliphatic rings. The maximum absolute atomic E-state index is 12.1. The van der Waals surface area contributed by atoms with E-state index < -0.39 is 0 Å². The molecule has 4 heteroatoms. The Morgan fingerprint density at radius 1 is 1.50 bits per heavy atom. The monoisotopic (exact) mass is 266 g/mol. The van der Waals surface area contributed by atoms with Crippen molar-refractivity contribution in [2.75, 3.05) is 26.2 Å². The molecule has 1 aromatic heterocycles. The van der Waals surface area contributed by atoms with E-state index in [1.165, 1.54) is 10.4 Å². The molecule has 1 atom stereocenters. The van der Waals surface area contributed by atoms with Crippen LogP contribution in [0.2, 0.25) is 0 Å². The minimum Gasteiger partial charge on any atom is -0.340 e. The van der Waals surface area contributed by atoms with Crippen molar-refractivity contribution in [2.45, 2.75) is 26.7 Å². The summed E-state index contributed by atoms with van der Waals surface area (Å²) in [5.41, 5.74) is 1.36. The number of carbonyl (C=O) groups excluding carboxylic acids is 1. The normalized spacial score (nSPS) is 17.8. The van der Waals surface area contributed by atoms with Crippen LogP contribution in [0.4, 0.5) is 0 Å². The summed E-state index contributed by atoms with van der Waals surface area (Å²) in [4.78, 5) is 15.5. The molecule has 18 heavy (non-hydrogen) atoms. The Kier molecular flexibility index (Phi) is 4.78. The lowest BCUT2D eigenvalue weighted by molar-refractivity contribution is -0.132. The maximum atomic E-state index is 12.1. The molecule has 1 aliphatic heterocycles. The van der Waals surface area contributed by atoms with Crippen molar-refractivity contribution in [1.29, 1.82) is 0 Å². The highest BCUT2D eigenvalue weighted by atomic mass is 32.1. The van der Waals surface area contributed by atoms with Crippen molar-refractivity contribution in [1.82, 2.24) is 10.2 Å². The molecule has 2 heterocycles. The molecule has 0 aromatic carbocycles. The van der Waals surface area contributed by atoms with Gasteiger partial charge in [-0.1, -0.05) is 6.92 Å². The number of nitrogens with zero attached hydrogens (tertiary/aromatic N) is 1. The fourth-order valence-corrected chi connectivity index (χ4v) is 3.41. The van der Waals surface area contributed by atoms with E-state index in [1.807, 2.05) is 4.90 Å². The zero-order chi connectivity index (χ0) is 13.0. The summed E-state index contributed by atoms with van der Waals surface area (Å²) in [5.74, 6) is 0.753. The Morgan fingerprint density at radius 3 is 2.83 bits per heavy atom. The third-order valence-corrected chi connectivity index (χ3v) is 4.54. The Bertz CT molecular complexity index is 396. The Balaban J connectivity index is 1.81. The average molecular weight is 266 g/mol. The highest BCUT2D eigenvalue weighted by Gasteiger charge is 2.19. The molecule has 0 radical (unpaired) electrons. The summed E-state index contributed by atoms with van der Waals surface area (Å²) in [6.07, 6.45) is 1.71. The Morgan fingerprint density at radius 2 is 2.22 bits per heavy atom. The number of piperazine rings is 1. The fraction of sp³-hybridized carbons (Fsp3) is 0.643. The highest BCUT2D eigenvalue weighted by Crippen LogP contribution is 2.21. The molecule has 1 aromatic rings. The number of hydrogen-bond acceptors (Lipinski definition) is 3. The van der Waals surface area contributed by atoms with Gasteiger partial charge in [0.15, 0.2) is 0 Å². The van der Waals surface area contributed by atoms with Gasteiger partial charge in [-0.3, -0.25) is 4.79 Å². The van der Waals surface area contributed by atoms with Gasteiger partial charge in [-0.2, -0.15) is 0 Å². The van der Waals surface area contributed by atoms with Gasteiger partial charge in [-0.05, 0) is 36.3 Å². The number of amides is 1. The van der Waals surface area contributed by atoms with E-state index in [2.05, 4.69) is 30.6 Å². The van der Waals surface area contributed by atoms with Gasteiger partial charge in [0.05, 0.1) is 0 Å². The van der Waals surface area contributed by atoms with Crippen LogP contribution < -0.4 is 5.32 Å². The summed E-state index contributed by atoms with van der Waals surface area (Å²) in [5, 5.41) is 5.41. The predicted octanol–water partition coefficient (Wildman–Crippen LogP) is 2.06. The molecule has 2 rings (SSSR count). The van der Waals surface area contributed by atoms with Gasteiger partial charge < -0.3 is 10.2 Å². The highest BCUT2D eigenvalue weighted by molar-refractivity contribution is 7.10. The number of rotatable bonds is 4. The molecule has 1 saturated heterocycles. The number of nitrogens with one attached hydrogen (secondary N) is 1. The van der Waals surface area contributed by atoms with Crippen molar-refractivity contribution in [3.63, 3.8) is 0 Å². The molecular formula is C14H22N2OS. The van der Waals surface area contributed by atoms with Gasteiger partial charge in [-0.25, -0.2) is 0 Å². The topological polar surface area (TPSA) is 32.3 Å². The molecule has 0 bridgehead atoms. The van der Waals surface area contributed by atoms with Crippen LogP contribution in [0.1, 0.15) is 23.8 Å². The second-order valence-electron chi connectivity index (χ2n) is 5.17. The lowest BCUT2D eigenvalue weighted by Crippen LogP contribution is -2.46. The van der Waals surface area contributed by atoms with E-state index >= 15 is 0 Å². The fourth-order valence-electron chi connectivity index (χ4n) is 2.34. The number of carbonyl (C=O) groups is 1. The van der Waals surface area contributed by atoms with Gasteiger partial charge in [0.2, 0.25) is 5.91 Å². The molecule has 0 spiro atoms. The van der Waals surface area contributed by atoms with Gasteiger partial charge in [0.25, 0.3) is 0 Å². The van der Waals surface area contributed by atoms with Gasteiger partial charge >= 0.3 is 0 Å². The molecule has 0 aliphatic carbocycles. The van der Waals surface area contributed by atoms with Crippen LogP contribution in [0, 0.1) is 12.8 Å². The van der Waals surface area contributed by atoms with Crippen LogP contribution in [0.5, 0.6) is 0 Å². The minimum absolute atomic E-state index is 0.318. The third kappa shape index (κ3) is 3.56. The minimum atomic E-state index is 0.318. The van der Waals surface area contributed by atoms with Crippen LogP contribution in [0.25, 0.3) is 0 Å². The first kappa shape index (κ1) is 13.6. The third-order valence-electron chi connectivity index (χ3n) is 3.49.